The summed E-state index contributed by atoms with van der Waals surface area (Å²) in [4.78, 5) is 24.1. The molecule has 0 aliphatic carbocycles. The fourth-order valence-electron chi connectivity index (χ4n) is 2.42. The summed E-state index contributed by atoms with van der Waals surface area (Å²) in [5.74, 6) is 0.0803. The Kier molecular flexibility index (Phi) is 7.62. The maximum atomic E-state index is 12.6. The number of carbonyl (C=O) groups is 2. The molecule has 2 rings (SSSR count). The van der Waals surface area contributed by atoms with Gasteiger partial charge in [-0.2, -0.15) is 0 Å². The van der Waals surface area contributed by atoms with E-state index in [0.29, 0.717) is 12.3 Å². The van der Waals surface area contributed by atoms with Gasteiger partial charge in [0.15, 0.2) is 0 Å². The molecule has 0 saturated heterocycles. The van der Waals surface area contributed by atoms with Crippen LogP contribution in [-0.4, -0.2) is 18.4 Å². The van der Waals surface area contributed by atoms with Gasteiger partial charge < -0.3 is 15.4 Å². The molecule has 0 radical (unpaired) electrons. The summed E-state index contributed by atoms with van der Waals surface area (Å²) in [6, 6.07) is 14.8. The zero-order chi connectivity index (χ0) is 19.6. The molecule has 5 heteroatoms. The van der Waals surface area contributed by atoms with Gasteiger partial charge in [-0.1, -0.05) is 37.6 Å². The van der Waals surface area contributed by atoms with Gasteiger partial charge in [0.1, 0.15) is 11.4 Å². The van der Waals surface area contributed by atoms with Gasteiger partial charge in [-0.3, -0.25) is 9.59 Å². The van der Waals surface area contributed by atoms with E-state index < -0.39 is 0 Å². The quantitative estimate of drug-likeness (QED) is 0.541. The van der Waals surface area contributed by atoms with E-state index in [2.05, 4.69) is 17.6 Å². The fourth-order valence-corrected chi connectivity index (χ4v) is 2.42. The summed E-state index contributed by atoms with van der Waals surface area (Å²) in [6.07, 6.45) is 3.75. The maximum Gasteiger partial charge on any atom is 0.272 e. The van der Waals surface area contributed by atoms with E-state index in [-0.39, 0.29) is 17.5 Å². The average molecular weight is 366 g/mol. The zero-order valence-electron chi connectivity index (χ0n) is 16.0. The lowest BCUT2D eigenvalue weighted by Gasteiger charge is -2.11. The van der Waals surface area contributed by atoms with Gasteiger partial charge in [0.05, 0.1) is 6.61 Å². The standard InChI is InChI=1S/C22H26N2O3/c1-4-5-14-27-20-12-10-19(11-13-20)24-22(26)21(23-17(3)25)15-18-9-7-6-8-16(18)2/h6-13,15H,4-5,14H2,1-3H3,(H,23,25)(H,24,26)/b21-15+. The van der Waals surface area contributed by atoms with Crippen molar-refractivity contribution in [3.05, 3.63) is 65.4 Å². The first kappa shape index (κ1) is 20.2. The Morgan fingerprint density at radius 1 is 1.07 bits per heavy atom. The first-order chi connectivity index (χ1) is 13.0. The molecule has 0 spiro atoms. The van der Waals surface area contributed by atoms with Crippen molar-refractivity contribution >= 4 is 23.6 Å². The van der Waals surface area contributed by atoms with Crippen LogP contribution in [-0.2, 0) is 9.59 Å². The number of hydrogen-bond acceptors (Lipinski definition) is 3. The van der Waals surface area contributed by atoms with Crippen LogP contribution in [0.15, 0.2) is 54.2 Å². The van der Waals surface area contributed by atoms with Crippen LogP contribution in [0.2, 0.25) is 0 Å². The molecule has 0 saturated carbocycles. The molecule has 0 aliphatic rings. The number of ether oxygens (including phenoxy) is 1. The SMILES string of the molecule is CCCCOc1ccc(NC(=O)/C(=C\c2ccccc2C)NC(C)=O)cc1. The van der Waals surface area contributed by atoms with Gasteiger partial charge in [0.25, 0.3) is 5.91 Å². The first-order valence-electron chi connectivity index (χ1n) is 9.08. The molecule has 142 valence electrons. The average Bonchev–Trinajstić information content (AvgIpc) is 2.64. The van der Waals surface area contributed by atoms with Crippen LogP contribution in [0.5, 0.6) is 5.75 Å². The van der Waals surface area contributed by atoms with Gasteiger partial charge in [0.2, 0.25) is 5.91 Å². The number of nitrogens with one attached hydrogen (secondary N) is 2. The summed E-state index contributed by atoms with van der Waals surface area (Å²) < 4.78 is 5.62. The van der Waals surface area contributed by atoms with Gasteiger partial charge >= 0.3 is 0 Å². The highest BCUT2D eigenvalue weighted by Gasteiger charge is 2.12. The molecule has 0 bridgehead atoms. The van der Waals surface area contributed by atoms with E-state index in [1.807, 2.05) is 43.3 Å². The molecular weight excluding hydrogens is 340 g/mol. The van der Waals surface area contributed by atoms with E-state index in [1.54, 1.807) is 18.2 Å². The molecule has 0 heterocycles. The minimum atomic E-state index is -0.381. The minimum Gasteiger partial charge on any atom is -0.494 e. The van der Waals surface area contributed by atoms with Crippen molar-refractivity contribution in [2.45, 2.75) is 33.6 Å². The molecule has 5 nitrogen and oxygen atoms in total. The van der Waals surface area contributed by atoms with Crippen molar-refractivity contribution in [1.82, 2.24) is 5.32 Å². The van der Waals surface area contributed by atoms with Crippen molar-refractivity contribution in [2.75, 3.05) is 11.9 Å². The fraction of sp³-hybridized carbons (Fsp3) is 0.273. The molecule has 27 heavy (non-hydrogen) atoms. The van der Waals surface area contributed by atoms with Crippen LogP contribution < -0.4 is 15.4 Å². The summed E-state index contributed by atoms with van der Waals surface area (Å²) in [5.41, 5.74) is 2.71. The summed E-state index contributed by atoms with van der Waals surface area (Å²) >= 11 is 0. The molecular formula is C22H26N2O3. The number of hydrogen-bond donors (Lipinski definition) is 2. The predicted octanol–water partition coefficient (Wildman–Crippen LogP) is 4.29. The molecule has 0 aromatic heterocycles. The van der Waals surface area contributed by atoms with E-state index >= 15 is 0 Å². The van der Waals surface area contributed by atoms with Crippen LogP contribution in [0.1, 0.15) is 37.8 Å². The smallest absolute Gasteiger partial charge is 0.272 e. The molecule has 2 N–H and O–H groups in total. The van der Waals surface area contributed by atoms with Crippen LogP contribution in [0.4, 0.5) is 5.69 Å². The van der Waals surface area contributed by atoms with E-state index in [0.717, 1.165) is 29.7 Å². The highest BCUT2D eigenvalue weighted by atomic mass is 16.5. The maximum absolute atomic E-state index is 12.6. The second-order valence-electron chi connectivity index (χ2n) is 6.28. The van der Waals surface area contributed by atoms with Crippen LogP contribution in [0, 0.1) is 6.92 Å². The van der Waals surface area contributed by atoms with Gasteiger partial charge in [-0.25, -0.2) is 0 Å². The Morgan fingerprint density at radius 3 is 2.41 bits per heavy atom. The van der Waals surface area contributed by atoms with Crippen LogP contribution >= 0.6 is 0 Å². The number of benzene rings is 2. The van der Waals surface area contributed by atoms with Crippen molar-refractivity contribution in [1.29, 1.82) is 0 Å². The second kappa shape index (κ2) is 10.2. The van der Waals surface area contributed by atoms with Crippen LogP contribution in [0.25, 0.3) is 6.08 Å². The lowest BCUT2D eigenvalue weighted by atomic mass is 10.1. The highest BCUT2D eigenvalue weighted by Crippen LogP contribution is 2.17. The van der Waals surface area contributed by atoms with Crippen molar-refractivity contribution in [2.24, 2.45) is 0 Å². The number of rotatable bonds is 8. The zero-order valence-corrected chi connectivity index (χ0v) is 16.0. The normalized spacial score (nSPS) is 11.0. The Morgan fingerprint density at radius 2 is 1.78 bits per heavy atom. The largest absolute Gasteiger partial charge is 0.494 e. The third-order valence-electron chi connectivity index (χ3n) is 3.92. The summed E-state index contributed by atoms with van der Waals surface area (Å²) in [5, 5.41) is 5.41. The number of aryl methyl sites for hydroxylation is 1. The molecule has 0 aliphatic heterocycles. The lowest BCUT2D eigenvalue weighted by Crippen LogP contribution is -2.29. The van der Waals surface area contributed by atoms with Gasteiger partial charge in [-0.05, 0) is 54.8 Å². The summed E-state index contributed by atoms with van der Waals surface area (Å²) in [7, 11) is 0. The summed E-state index contributed by atoms with van der Waals surface area (Å²) in [6.45, 7) is 6.11. The van der Waals surface area contributed by atoms with Crippen molar-refractivity contribution < 1.29 is 14.3 Å². The Balaban J connectivity index is 2.12. The Labute approximate surface area is 160 Å². The van der Waals surface area contributed by atoms with Crippen LogP contribution in [0.3, 0.4) is 0 Å². The monoisotopic (exact) mass is 366 g/mol. The molecule has 0 unspecified atom stereocenters. The second-order valence-corrected chi connectivity index (χ2v) is 6.28. The number of unbranched alkanes of at least 4 members (excludes halogenated alkanes) is 1. The first-order valence-corrected chi connectivity index (χ1v) is 9.08. The molecule has 2 amide bonds. The van der Waals surface area contributed by atoms with E-state index in [1.165, 1.54) is 6.92 Å². The molecule has 0 fully saturated rings. The van der Waals surface area contributed by atoms with Crippen molar-refractivity contribution in [3.8, 4) is 5.75 Å². The third kappa shape index (κ3) is 6.62. The molecule has 0 atom stereocenters. The van der Waals surface area contributed by atoms with E-state index in [9.17, 15) is 9.59 Å². The number of carbonyl (C=O) groups excluding carboxylic acids is 2. The van der Waals surface area contributed by atoms with Gasteiger partial charge in [-0.15, -0.1) is 0 Å². The van der Waals surface area contributed by atoms with Gasteiger partial charge in [0, 0.05) is 12.6 Å². The minimum absolute atomic E-state index is 0.195. The highest BCUT2D eigenvalue weighted by molar-refractivity contribution is 6.08. The molecule has 2 aromatic rings. The topological polar surface area (TPSA) is 67.4 Å². The Bertz CT molecular complexity index is 811. The Hall–Kier alpha value is -3.08. The predicted molar refractivity (Wildman–Crippen MR) is 108 cm³/mol. The number of amides is 2. The lowest BCUT2D eigenvalue weighted by molar-refractivity contribution is -0.120. The molecule has 2 aromatic carbocycles. The van der Waals surface area contributed by atoms with E-state index in [4.69, 9.17) is 4.74 Å². The van der Waals surface area contributed by atoms with Crippen molar-refractivity contribution in [3.63, 3.8) is 0 Å². The third-order valence-corrected chi connectivity index (χ3v) is 3.92. The number of anilines is 1.